The second-order valence-electron chi connectivity index (χ2n) is 11.5. The number of aliphatic hydroxyl groups excluding tert-OH is 1. The molecule has 2 amide bonds. The first-order valence-corrected chi connectivity index (χ1v) is 13.3. The Morgan fingerprint density at radius 3 is 2.53 bits per heavy atom. The van der Waals surface area contributed by atoms with Gasteiger partial charge in [-0.05, 0) is 66.0 Å². The number of fused-ring (bicyclic) bond motifs is 1. The first-order valence-electron chi connectivity index (χ1n) is 13.3. The van der Waals surface area contributed by atoms with Gasteiger partial charge in [-0.25, -0.2) is 0 Å². The average molecular weight is 492 g/mol. The maximum absolute atomic E-state index is 13.3. The highest BCUT2D eigenvalue weighted by molar-refractivity contribution is 5.79. The molecule has 7 atom stereocenters. The largest absolute Gasteiger partial charge is 0.392 e. The van der Waals surface area contributed by atoms with Crippen LogP contribution >= 0.6 is 0 Å². The van der Waals surface area contributed by atoms with Crippen LogP contribution in [0.4, 0.5) is 0 Å². The zero-order valence-corrected chi connectivity index (χ0v) is 22.1. The Bertz CT molecular complexity index is 1030. The van der Waals surface area contributed by atoms with Gasteiger partial charge in [-0.15, -0.1) is 0 Å². The summed E-state index contributed by atoms with van der Waals surface area (Å²) in [5.41, 5.74) is 2.02. The molecule has 2 fully saturated rings. The molecule has 1 aromatic carbocycles. The predicted molar refractivity (Wildman–Crippen MR) is 141 cm³/mol. The van der Waals surface area contributed by atoms with Crippen LogP contribution in [0, 0.1) is 29.1 Å². The number of nitrogens with one attached hydrogen (secondary N) is 1. The van der Waals surface area contributed by atoms with Gasteiger partial charge in [-0.3, -0.25) is 14.6 Å². The average Bonchev–Trinajstić information content (AvgIpc) is 2.86. The van der Waals surface area contributed by atoms with Crippen molar-refractivity contribution in [2.45, 2.75) is 71.6 Å². The lowest BCUT2D eigenvalue weighted by Gasteiger charge is -2.56. The van der Waals surface area contributed by atoms with E-state index in [0.717, 1.165) is 36.8 Å². The van der Waals surface area contributed by atoms with Crippen molar-refractivity contribution >= 4 is 11.8 Å². The summed E-state index contributed by atoms with van der Waals surface area (Å²) in [5, 5.41) is 15.0. The lowest BCUT2D eigenvalue weighted by Crippen LogP contribution is -2.58. The van der Waals surface area contributed by atoms with E-state index in [-0.39, 0.29) is 46.9 Å². The fourth-order valence-electron chi connectivity index (χ4n) is 6.91. The Hall–Kier alpha value is -2.73. The van der Waals surface area contributed by atoms with E-state index < -0.39 is 6.10 Å². The Kier molecular flexibility index (Phi) is 8.13. The van der Waals surface area contributed by atoms with Gasteiger partial charge in [0.15, 0.2) is 0 Å². The van der Waals surface area contributed by atoms with Crippen LogP contribution in [-0.2, 0) is 22.6 Å². The van der Waals surface area contributed by atoms with Crippen LogP contribution in [0.15, 0.2) is 54.9 Å². The topological polar surface area (TPSA) is 82.5 Å². The van der Waals surface area contributed by atoms with Crippen LogP contribution in [0.2, 0.25) is 0 Å². The van der Waals surface area contributed by atoms with Crippen LogP contribution in [0.1, 0.15) is 57.6 Å². The summed E-state index contributed by atoms with van der Waals surface area (Å²) >= 11 is 0. The quantitative estimate of drug-likeness (QED) is 0.607. The highest BCUT2D eigenvalue weighted by Gasteiger charge is 2.54. The molecule has 0 aliphatic heterocycles. The molecule has 2 saturated carbocycles. The monoisotopic (exact) mass is 491 g/mol. The van der Waals surface area contributed by atoms with Crippen molar-refractivity contribution in [1.82, 2.24) is 15.2 Å². The summed E-state index contributed by atoms with van der Waals surface area (Å²) in [4.78, 5) is 32.0. The smallest absolute Gasteiger partial charge is 0.225 e. The predicted octanol–water partition coefficient (Wildman–Crippen LogP) is 4.23. The third-order valence-corrected chi connectivity index (χ3v) is 8.99. The maximum Gasteiger partial charge on any atom is 0.225 e. The lowest BCUT2D eigenvalue weighted by molar-refractivity contribution is -0.150. The van der Waals surface area contributed by atoms with Crippen molar-refractivity contribution in [2.75, 3.05) is 7.05 Å². The molecule has 1 heterocycles. The number of pyridine rings is 1. The number of aliphatic hydroxyl groups is 1. The Morgan fingerprint density at radius 2 is 1.83 bits per heavy atom. The first-order chi connectivity index (χ1) is 17.2. The molecular weight excluding hydrogens is 450 g/mol. The van der Waals surface area contributed by atoms with E-state index in [9.17, 15) is 14.7 Å². The molecule has 0 spiro atoms. The van der Waals surface area contributed by atoms with Crippen LogP contribution < -0.4 is 5.32 Å². The van der Waals surface area contributed by atoms with E-state index in [2.05, 4.69) is 24.1 Å². The van der Waals surface area contributed by atoms with Gasteiger partial charge >= 0.3 is 0 Å². The molecule has 0 bridgehead atoms. The number of hydrogen-bond donors (Lipinski definition) is 2. The normalized spacial score (nSPS) is 30.6. The van der Waals surface area contributed by atoms with Gasteiger partial charge < -0.3 is 15.3 Å². The van der Waals surface area contributed by atoms with E-state index in [1.807, 2.05) is 56.4 Å². The molecular formula is C30H41N3O3. The fourth-order valence-corrected chi connectivity index (χ4v) is 6.91. The van der Waals surface area contributed by atoms with E-state index >= 15 is 0 Å². The van der Waals surface area contributed by atoms with Crippen LogP contribution in [-0.4, -0.2) is 46.0 Å². The molecule has 1 aromatic heterocycles. The number of aromatic nitrogens is 1. The number of hydrogen-bond acceptors (Lipinski definition) is 4. The third kappa shape index (κ3) is 5.64. The third-order valence-electron chi connectivity index (χ3n) is 8.99. The van der Waals surface area contributed by atoms with E-state index in [1.165, 1.54) is 0 Å². The SMILES string of the molecule is C[C@H]1[C@@H]2[C@@H](O)[C@@H]([C@H](C)C(=O)N(C)Cc3cccnc3)CC[C@@]2(C)CC[C@@H]1NC(=O)Cc1ccccc1. The standard InChI is InChI=1S/C30H41N3O3/c1-20(29(36)33(4)19-23-11-8-16-31-18-23)24-12-14-30(3)15-13-25(21(2)27(30)28(24)35)32-26(34)17-22-9-6-5-7-10-22/h5-11,16,18,20-21,24-25,27-28,35H,12-15,17,19H2,1-4H3,(H,32,34)/t20-,21+,24+,25-,27+,28-,30-/m0/s1. The molecule has 6 nitrogen and oxygen atoms in total. The van der Waals surface area contributed by atoms with Gasteiger partial charge in [-0.2, -0.15) is 0 Å². The molecule has 2 aliphatic carbocycles. The molecule has 36 heavy (non-hydrogen) atoms. The summed E-state index contributed by atoms with van der Waals surface area (Å²) in [6, 6.07) is 13.7. The molecule has 0 saturated heterocycles. The molecule has 2 N–H and O–H groups in total. The zero-order valence-electron chi connectivity index (χ0n) is 22.1. The molecule has 0 radical (unpaired) electrons. The first kappa shape index (κ1) is 26.3. The maximum atomic E-state index is 13.3. The second kappa shape index (κ2) is 11.1. The number of amides is 2. The second-order valence-corrected chi connectivity index (χ2v) is 11.5. The summed E-state index contributed by atoms with van der Waals surface area (Å²) in [6.07, 6.45) is 7.05. The summed E-state index contributed by atoms with van der Waals surface area (Å²) < 4.78 is 0. The molecule has 2 aliphatic rings. The highest BCUT2D eigenvalue weighted by atomic mass is 16.3. The fraction of sp³-hybridized carbons (Fsp3) is 0.567. The minimum Gasteiger partial charge on any atom is -0.392 e. The molecule has 6 heteroatoms. The van der Waals surface area contributed by atoms with Gasteiger partial charge in [-0.1, -0.05) is 57.2 Å². The number of nitrogens with zero attached hydrogens (tertiary/aromatic N) is 2. The summed E-state index contributed by atoms with van der Waals surface area (Å²) in [7, 11) is 1.83. The van der Waals surface area contributed by atoms with E-state index in [0.29, 0.717) is 13.0 Å². The van der Waals surface area contributed by atoms with Gasteiger partial charge in [0.05, 0.1) is 12.5 Å². The van der Waals surface area contributed by atoms with Crippen molar-refractivity contribution in [3.63, 3.8) is 0 Å². The Balaban J connectivity index is 1.42. The Labute approximate surface area is 215 Å². The van der Waals surface area contributed by atoms with Crippen LogP contribution in [0.3, 0.4) is 0 Å². The van der Waals surface area contributed by atoms with Crippen molar-refractivity contribution in [3.8, 4) is 0 Å². The van der Waals surface area contributed by atoms with Gasteiger partial charge in [0, 0.05) is 37.9 Å². The molecule has 194 valence electrons. The Morgan fingerprint density at radius 1 is 1.14 bits per heavy atom. The van der Waals surface area contributed by atoms with Crippen molar-refractivity contribution in [1.29, 1.82) is 0 Å². The molecule has 0 unspecified atom stereocenters. The minimum absolute atomic E-state index is 0.0281. The van der Waals surface area contributed by atoms with Crippen molar-refractivity contribution in [2.24, 2.45) is 29.1 Å². The number of carbonyl (C=O) groups is 2. The van der Waals surface area contributed by atoms with Gasteiger partial charge in [0.2, 0.25) is 11.8 Å². The highest BCUT2D eigenvalue weighted by Crippen LogP contribution is 2.55. The number of benzene rings is 1. The number of rotatable bonds is 7. The molecule has 2 aromatic rings. The number of carbonyl (C=O) groups excluding carboxylic acids is 2. The lowest BCUT2D eigenvalue weighted by atomic mass is 9.51. The summed E-state index contributed by atoms with van der Waals surface area (Å²) in [5.74, 6) is -0.0889. The van der Waals surface area contributed by atoms with E-state index in [1.54, 1.807) is 17.3 Å². The van der Waals surface area contributed by atoms with Crippen molar-refractivity contribution < 1.29 is 14.7 Å². The van der Waals surface area contributed by atoms with Gasteiger partial charge in [0.25, 0.3) is 0 Å². The van der Waals surface area contributed by atoms with Crippen LogP contribution in [0.5, 0.6) is 0 Å². The van der Waals surface area contributed by atoms with E-state index in [4.69, 9.17) is 0 Å². The van der Waals surface area contributed by atoms with Crippen molar-refractivity contribution in [3.05, 3.63) is 66.0 Å². The minimum atomic E-state index is -0.571. The summed E-state index contributed by atoms with van der Waals surface area (Å²) in [6.45, 7) is 6.93. The molecule has 4 rings (SSSR count). The van der Waals surface area contributed by atoms with Gasteiger partial charge in [0.1, 0.15) is 0 Å². The van der Waals surface area contributed by atoms with Crippen LogP contribution in [0.25, 0.3) is 0 Å². The zero-order chi connectivity index (χ0) is 25.9.